The van der Waals surface area contributed by atoms with Crippen molar-refractivity contribution in [1.29, 1.82) is 0 Å². The van der Waals surface area contributed by atoms with Crippen molar-refractivity contribution in [3.63, 3.8) is 0 Å². The monoisotopic (exact) mass is 301 g/mol. The largest absolute Gasteiger partial charge is 0.433 e. The number of nitrogens with two attached hydrogens (primary N) is 1. The SMILES string of the molecule is Cc1cc(-c2nc(CC(N)=O)cs2)cnc1C(F)(F)F. The Kier molecular flexibility index (Phi) is 3.76. The third-order valence-corrected chi connectivity index (χ3v) is 3.44. The molecule has 20 heavy (non-hydrogen) atoms. The highest BCUT2D eigenvalue weighted by atomic mass is 32.1. The molecule has 0 aliphatic rings. The fourth-order valence-corrected chi connectivity index (χ4v) is 2.49. The fourth-order valence-electron chi connectivity index (χ4n) is 1.69. The summed E-state index contributed by atoms with van der Waals surface area (Å²) in [7, 11) is 0. The van der Waals surface area contributed by atoms with E-state index in [-0.39, 0.29) is 12.0 Å². The molecule has 2 aromatic heterocycles. The van der Waals surface area contributed by atoms with Gasteiger partial charge in [0.15, 0.2) is 0 Å². The summed E-state index contributed by atoms with van der Waals surface area (Å²) in [5, 5.41) is 2.15. The molecule has 0 fully saturated rings. The van der Waals surface area contributed by atoms with Gasteiger partial charge in [0.2, 0.25) is 5.91 Å². The van der Waals surface area contributed by atoms with Crippen LogP contribution in [0.4, 0.5) is 13.2 Å². The van der Waals surface area contributed by atoms with Gasteiger partial charge in [-0.25, -0.2) is 4.98 Å². The summed E-state index contributed by atoms with van der Waals surface area (Å²) in [6.45, 7) is 1.34. The molecular weight excluding hydrogens is 291 g/mol. The zero-order valence-electron chi connectivity index (χ0n) is 10.4. The lowest BCUT2D eigenvalue weighted by atomic mass is 10.1. The first kappa shape index (κ1) is 14.4. The van der Waals surface area contributed by atoms with Crippen LogP contribution in [0.25, 0.3) is 10.6 Å². The highest BCUT2D eigenvalue weighted by Crippen LogP contribution is 2.32. The first-order valence-corrected chi connectivity index (χ1v) is 6.42. The molecule has 106 valence electrons. The summed E-state index contributed by atoms with van der Waals surface area (Å²) >= 11 is 1.23. The van der Waals surface area contributed by atoms with E-state index in [4.69, 9.17) is 5.73 Å². The number of aryl methyl sites for hydroxylation is 1. The van der Waals surface area contributed by atoms with E-state index in [1.807, 2.05) is 0 Å². The van der Waals surface area contributed by atoms with Crippen molar-refractivity contribution in [2.45, 2.75) is 19.5 Å². The smallest absolute Gasteiger partial charge is 0.369 e. The first-order chi connectivity index (χ1) is 9.27. The average molecular weight is 301 g/mol. The summed E-state index contributed by atoms with van der Waals surface area (Å²) in [5.41, 5.74) is 5.15. The van der Waals surface area contributed by atoms with Gasteiger partial charge in [0.05, 0.1) is 12.1 Å². The van der Waals surface area contributed by atoms with Gasteiger partial charge in [-0.2, -0.15) is 13.2 Å². The molecule has 0 radical (unpaired) electrons. The number of hydrogen-bond acceptors (Lipinski definition) is 4. The Morgan fingerprint density at radius 2 is 2.15 bits per heavy atom. The van der Waals surface area contributed by atoms with Crippen LogP contribution in [-0.2, 0) is 17.4 Å². The van der Waals surface area contributed by atoms with Crippen LogP contribution in [0.1, 0.15) is 17.0 Å². The number of primary amides is 1. The molecule has 0 atom stereocenters. The predicted molar refractivity (Wildman–Crippen MR) is 68.0 cm³/mol. The Balaban J connectivity index is 2.32. The van der Waals surface area contributed by atoms with Crippen LogP contribution in [0.5, 0.6) is 0 Å². The third-order valence-electron chi connectivity index (χ3n) is 2.50. The van der Waals surface area contributed by atoms with Crippen LogP contribution in [0.2, 0.25) is 0 Å². The van der Waals surface area contributed by atoms with Crippen molar-refractivity contribution in [3.8, 4) is 10.6 Å². The van der Waals surface area contributed by atoms with Crippen LogP contribution in [-0.4, -0.2) is 15.9 Å². The number of pyridine rings is 1. The van der Waals surface area contributed by atoms with Crippen molar-refractivity contribution in [1.82, 2.24) is 9.97 Å². The van der Waals surface area contributed by atoms with Crippen molar-refractivity contribution < 1.29 is 18.0 Å². The van der Waals surface area contributed by atoms with Gasteiger partial charge in [-0.1, -0.05) is 0 Å². The van der Waals surface area contributed by atoms with Gasteiger partial charge < -0.3 is 5.73 Å². The predicted octanol–water partition coefficient (Wildman–Crippen LogP) is 2.56. The van der Waals surface area contributed by atoms with E-state index < -0.39 is 17.8 Å². The number of halogens is 3. The fraction of sp³-hybridized carbons (Fsp3) is 0.250. The second-order valence-electron chi connectivity index (χ2n) is 4.17. The number of aromatic nitrogens is 2. The van der Waals surface area contributed by atoms with E-state index in [0.29, 0.717) is 16.3 Å². The summed E-state index contributed by atoms with van der Waals surface area (Å²) in [6.07, 6.45) is -3.34. The lowest BCUT2D eigenvalue weighted by molar-refractivity contribution is -0.141. The van der Waals surface area contributed by atoms with Gasteiger partial charge in [0.1, 0.15) is 10.7 Å². The van der Waals surface area contributed by atoms with Crippen LogP contribution in [0.15, 0.2) is 17.6 Å². The van der Waals surface area contributed by atoms with Gasteiger partial charge in [0.25, 0.3) is 0 Å². The maximum Gasteiger partial charge on any atom is 0.433 e. The topological polar surface area (TPSA) is 68.9 Å². The molecule has 8 heteroatoms. The molecule has 0 saturated carbocycles. The zero-order valence-corrected chi connectivity index (χ0v) is 11.2. The molecule has 2 heterocycles. The van der Waals surface area contributed by atoms with Crippen LogP contribution in [0.3, 0.4) is 0 Å². The molecule has 1 amide bonds. The van der Waals surface area contributed by atoms with E-state index in [1.54, 1.807) is 5.38 Å². The van der Waals surface area contributed by atoms with Crippen LogP contribution >= 0.6 is 11.3 Å². The van der Waals surface area contributed by atoms with Crippen molar-refractivity contribution in [2.24, 2.45) is 5.73 Å². The number of alkyl halides is 3. The molecular formula is C12H10F3N3OS. The van der Waals surface area contributed by atoms with Gasteiger partial charge >= 0.3 is 6.18 Å². The maximum absolute atomic E-state index is 12.6. The molecule has 2 aromatic rings. The van der Waals surface area contributed by atoms with Crippen molar-refractivity contribution >= 4 is 17.2 Å². The number of amides is 1. The molecule has 0 aliphatic carbocycles. The average Bonchev–Trinajstić information content (AvgIpc) is 2.74. The Morgan fingerprint density at radius 3 is 2.70 bits per heavy atom. The van der Waals surface area contributed by atoms with Crippen LogP contribution < -0.4 is 5.73 Å². The molecule has 0 bridgehead atoms. The summed E-state index contributed by atoms with van der Waals surface area (Å²) in [5.74, 6) is -0.511. The second kappa shape index (κ2) is 5.20. The second-order valence-corrected chi connectivity index (χ2v) is 5.03. The minimum absolute atomic E-state index is 0.00352. The van der Waals surface area contributed by atoms with Crippen LogP contribution in [0, 0.1) is 6.92 Å². The number of carbonyl (C=O) groups excluding carboxylic acids is 1. The van der Waals surface area contributed by atoms with E-state index in [2.05, 4.69) is 9.97 Å². The van der Waals surface area contributed by atoms with Gasteiger partial charge in [-0.3, -0.25) is 9.78 Å². The molecule has 2 rings (SSSR count). The Bertz CT molecular complexity index is 652. The highest BCUT2D eigenvalue weighted by molar-refractivity contribution is 7.13. The number of rotatable bonds is 3. The summed E-state index contributed by atoms with van der Waals surface area (Å²) in [4.78, 5) is 18.4. The Hall–Kier alpha value is -1.96. The summed E-state index contributed by atoms with van der Waals surface area (Å²) < 4.78 is 37.8. The highest BCUT2D eigenvalue weighted by Gasteiger charge is 2.34. The maximum atomic E-state index is 12.6. The van der Waals surface area contributed by atoms with E-state index in [9.17, 15) is 18.0 Å². The van der Waals surface area contributed by atoms with Crippen molar-refractivity contribution in [3.05, 3.63) is 34.6 Å². The number of hydrogen-bond donors (Lipinski definition) is 1. The lowest BCUT2D eigenvalue weighted by Gasteiger charge is -2.09. The molecule has 0 aliphatic heterocycles. The normalized spacial score (nSPS) is 11.6. The van der Waals surface area contributed by atoms with E-state index >= 15 is 0 Å². The molecule has 4 nitrogen and oxygen atoms in total. The molecule has 0 aromatic carbocycles. The lowest BCUT2D eigenvalue weighted by Crippen LogP contribution is -2.13. The van der Waals surface area contributed by atoms with Gasteiger partial charge in [0, 0.05) is 17.1 Å². The Morgan fingerprint density at radius 1 is 1.45 bits per heavy atom. The third kappa shape index (κ3) is 3.13. The van der Waals surface area contributed by atoms with Crippen molar-refractivity contribution in [2.75, 3.05) is 0 Å². The molecule has 0 saturated heterocycles. The molecule has 0 unspecified atom stereocenters. The van der Waals surface area contributed by atoms with Gasteiger partial charge in [-0.15, -0.1) is 11.3 Å². The minimum atomic E-state index is -4.47. The zero-order chi connectivity index (χ0) is 14.9. The standard InChI is InChI=1S/C12H10F3N3OS/c1-6-2-7(4-17-10(6)12(13,14)15)11-18-8(5-20-11)3-9(16)19/h2,4-5H,3H2,1H3,(H2,16,19). The Labute approximate surface area is 116 Å². The number of nitrogens with zero attached hydrogens (tertiary/aromatic N) is 2. The molecule has 0 spiro atoms. The molecule has 2 N–H and O–H groups in total. The number of carbonyl (C=O) groups is 1. The summed E-state index contributed by atoms with van der Waals surface area (Å²) in [6, 6.07) is 1.38. The van der Waals surface area contributed by atoms with Gasteiger partial charge in [-0.05, 0) is 18.6 Å². The quantitative estimate of drug-likeness (QED) is 0.947. The first-order valence-electron chi connectivity index (χ1n) is 5.54. The number of thiazole rings is 1. The minimum Gasteiger partial charge on any atom is -0.369 e. The van der Waals surface area contributed by atoms with E-state index in [0.717, 1.165) is 6.20 Å². The van der Waals surface area contributed by atoms with E-state index in [1.165, 1.54) is 24.3 Å².